The van der Waals surface area contributed by atoms with E-state index in [1.54, 1.807) is 0 Å². The minimum atomic E-state index is -0.254. The fraction of sp³-hybridized carbons (Fsp3) is 1.00. The van der Waals surface area contributed by atoms with E-state index in [4.69, 9.17) is 0 Å². The molecule has 0 bridgehead atoms. The van der Waals surface area contributed by atoms with Crippen LogP contribution in [0.2, 0.25) is 0 Å². The lowest BCUT2D eigenvalue weighted by Gasteiger charge is -2.40. The molecule has 15 heavy (non-hydrogen) atoms. The van der Waals surface area contributed by atoms with Gasteiger partial charge in [-0.3, -0.25) is 9.80 Å². The van der Waals surface area contributed by atoms with Crippen molar-refractivity contribution in [1.82, 2.24) is 9.80 Å². The Bertz CT molecular complexity index is 185. The van der Waals surface area contributed by atoms with Crippen LogP contribution in [0.5, 0.6) is 0 Å². The second-order valence-corrected chi connectivity index (χ2v) is 4.80. The van der Waals surface area contributed by atoms with Crippen LogP contribution in [-0.2, 0) is 0 Å². The van der Waals surface area contributed by atoms with Gasteiger partial charge in [-0.05, 0) is 20.8 Å². The third kappa shape index (κ3) is 4.47. The minimum absolute atomic E-state index is 0.250. The van der Waals surface area contributed by atoms with Crippen molar-refractivity contribution in [3.8, 4) is 0 Å². The largest absolute Gasteiger partial charge is 0.392 e. The highest BCUT2D eigenvalue weighted by molar-refractivity contribution is 4.80. The van der Waals surface area contributed by atoms with E-state index in [0.717, 1.165) is 32.7 Å². The summed E-state index contributed by atoms with van der Waals surface area (Å²) in [5.41, 5.74) is 0. The summed E-state index contributed by atoms with van der Waals surface area (Å²) in [7, 11) is 0. The quantitative estimate of drug-likeness (QED) is 0.680. The normalized spacial score (nSPS) is 29.0. The molecule has 0 unspecified atom stereocenters. The Hall–Kier alpha value is -0.160. The van der Waals surface area contributed by atoms with Crippen LogP contribution in [0.4, 0.5) is 0 Å². The maximum atomic E-state index is 9.34. The summed E-state index contributed by atoms with van der Waals surface area (Å²) in [6.45, 7) is 10.3. The van der Waals surface area contributed by atoms with Crippen molar-refractivity contribution in [2.24, 2.45) is 0 Å². The van der Waals surface area contributed by atoms with Crippen LogP contribution < -0.4 is 0 Å². The zero-order valence-electron chi connectivity index (χ0n) is 10.1. The van der Waals surface area contributed by atoms with Gasteiger partial charge in [0.2, 0.25) is 0 Å². The zero-order valence-corrected chi connectivity index (χ0v) is 10.1. The van der Waals surface area contributed by atoms with Crippen molar-refractivity contribution in [2.45, 2.75) is 39.0 Å². The van der Waals surface area contributed by atoms with Crippen LogP contribution in [-0.4, -0.2) is 71.0 Å². The van der Waals surface area contributed by atoms with Gasteiger partial charge in [0.15, 0.2) is 0 Å². The van der Waals surface area contributed by atoms with Gasteiger partial charge in [0.25, 0.3) is 0 Å². The number of aliphatic hydroxyl groups excluding tert-OH is 2. The summed E-state index contributed by atoms with van der Waals surface area (Å²) in [6.07, 6.45) is -0.503. The number of aliphatic hydroxyl groups is 2. The molecule has 1 fully saturated rings. The molecule has 90 valence electrons. The first-order chi connectivity index (χ1) is 6.99. The van der Waals surface area contributed by atoms with Gasteiger partial charge in [0, 0.05) is 38.8 Å². The lowest BCUT2D eigenvalue weighted by atomic mass is 10.1. The topological polar surface area (TPSA) is 46.9 Å². The third-order valence-corrected chi connectivity index (χ3v) is 2.87. The number of piperazine rings is 1. The lowest BCUT2D eigenvalue weighted by Crippen LogP contribution is -2.54. The van der Waals surface area contributed by atoms with Gasteiger partial charge in [-0.1, -0.05) is 0 Å². The molecular formula is C11H24N2O2. The first-order valence-corrected chi connectivity index (χ1v) is 5.81. The third-order valence-electron chi connectivity index (χ3n) is 2.87. The summed E-state index contributed by atoms with van der Waals surface area (Å²) in [5, 5.41) is 18.6. The lowest BCUT2D eigenvalue weighted by molar-refractivity contribution is 0.0276. The van der Waals surface area contributed by atoms with E-state index >= 15 is 0 Å². The number of hydrogen-bond acceptors (Lipinski definition) is 4. The predicted octanol–water partition coefficient (Wildman–Crippen LogP) is -0.246. The summed E-state index contributed by atoms with van der Waals surface area (Å²) in [6, 6.07) is 0.465. The van der Waals surface area contributed by atoms with Crippen molar-refractivity contribution >= 4 is 0 Å². The molecule has 1 aliphatic heterocycles. The summed E-state index contributed by atoms with van der Waals surface area (Å²) in [4.78, 5) is 4.59. The van der Waals surface area contributed by atoms with E-state index in [9.17, 15) is 10.2 Å². The van der Waals surface area contributed by atoms with Crippen LogP contribution >= 0.6 is 0 Å². The Balaban J connectivity index is 2.34. The van der Waals surface area contributed by atoms with Crippen LogP contribution in [0.3, 0.4) is 0 Å². The van der Waals surface area contributed by atoms with E-state index in [1.807, 2.05) is 13.8 Å². The van der Waals surface area contributed by atoms with E-state index in [-0.39, 0.29) is 12.2 Å². The molecule has 2 N–H and O–H groups in total. The first-order valence-electron chi connectivity index (χ1n) is 5.81. The minimum Gasteiger partial charge on any atom is -0.392 e. The number of β-amino-alcohol motifs (C(OH)–C–C–N with tert-alkyl or cyclic N) is 2. The van der Waals surface area contributed by atoms with Gasteiger partial charge in [0.05, 0.1) is 12.2 Å². The Labute approximate surface area is 92.5 Å². The monoisotopic (exact) mass is 216 g/mol. The molecule has 1 saturated heterocycles. The van der Waals surface area contributed by atoms with Crippen LogP contribution in [0.25, 0.3) is 0 Å². The highest BCUT2D eigenvalue weighted by Crippen LogP contribution is 2.10. The molecule has 3 atom stereocenters. The standard InChI is InChI=1S/C11H24N2O2/c1-9-6-12(7-10(2)14)4-5-13(9)8-11(3)15/h9-11,14-15H,4-8H2,1-3H3/t9-,10+,11-/m1/s1. The van der Waals surface area contributed by atoms with Gasteiger partial charge < -0.3 is 10.2 Å². The second kappa shape index (κ2) is 5.80. The van der Waals surface area contributed by atoms with E-state index in [0.29, 0.717) is 6.04 Å². The fourth-order valence-corrected chi connectivity index (χ4v) is 2.22. The number of hydrogen-bond donors (Lipinski definition) is 2. The zero-order chi connectivity index (χ0) is 11.4. The fourth-order valence-electron chi connectivity index (χ4n) is 2.22. The predicted molar refractivity (Wildman–Crippen MR) is 60.8 cm³/mol. The Morgan fingerprint density at radius 1 is 1.13 bits per heavy atom. The van der Waals surface area contributed by atoms with Gasteiger partial charge in [-0.15, -0.1) is 0 Å². The summed E-state index contributed by atoms with van der Waals surface area (Å²) >= 11 is 0. The molecule has 4 nitrogen and oxygen atoms in total. The summed E-state index contributed by atoms with van der Waals surface area (Å²) < 4.78 is 0. The first kappa shape index (κ1) is 12.9. The van der Waals surface area contributed by atoms with Gasteiger partial charge in [0.1, 0.15) is 0 Å². The van der Waals surface area contributed by atoms with E-state index < -0.39 is 0 Å². The highest BCUT2D eigenvalue weighted by Gasteiger charge is 2.24. The molecule has 1 aliphatic rings. The average molecular weight is 216 g/mol. The smallest absolute Gasteiger partial charge is 0.0639 e. The van der Waals surface area contributed by atoms with E-state index in [2.05, 4.69) is 16.7 Å². The highest BCUT2D eigenvalue weighted by atomic mass is 16.3. The average Bonchev–Trinajstić information content (AvgIpc) is 2.08. The maximum Gasteiger partial charge on any atom is 0.0639 e. The van der Waals surface area contributed by atoms with Gasteiger partial charge in [-0.2, -0.15) is 0 Å². The molecule has 0 aromatic heterocycles. The van der Waals surface area contributed by atoms with Gasteiger partial charge in [-0.25, -0.2) is 0 Å². The second-order valence-electron chi connectivity index (χ2n) is 4.80. The SMILES string of the molecule is C[C@H](O)CN1CCN(C[C@@H](C)O)[C@H](C)C1. The molecule has 0 aliphatic carbocycles. The molecule has 0 amide bonds. The van der Waals surface area contributed by atoms with Crippen molar-refractivity contribution in [3.05, 3.63) is 0 Å². The molecule has 0 aromatic carbocycles. The van der Waals surface area contributed by atoms with Crippen LogP contribution in [0, 0.1) is 0 Å². The Morgan fingerprint density at radius 2 is 1.73 bits per heavy atom. The van der Waals surface area contributed by atoms with Crippen LogP contribution in [0.15, 0.2) is 0 Å². The maximum absolute atomic E-state index is 9.34. The van der Waals surface area contributed by atoms with Crippen LogP contribution in [0.1, 0.15) is 20.8 Å². The van der Waals surface area contributed by atoms with Crippen molar-refractivity contribution in [3.63, 3.8) is 0 Å². The molecule has 0 radical (unpaired) electrons. The Kier molecular flexibility index (Phi) is 4.99. The number of nitrogens with zero attached hydrogens (tertiary/aromatic N) is 2. The van der Waals surface area contributed by atoms with Gasteiger partial charge >= 0.3 is 0 Å². The number of rotatable bonds is 4. The molecule has 0 spiro atoms. The Morgan fingerprint density at radius 3 is 2.20 bits per heavy atom. The van der Waals surface area contributed by atoms with Crippen molar-refractivity contribution in [1.29, 1.82) is 0 Å². The molecule has 0 saturated carbocycles. The molecule has 4 heteroatoms. The molecule has 1 heterocycles. The molecular weight excluding hydrogens is 192 g/mol. The molecule has 0 aromatic rings. The summed E-state index contributed by atoms with van der Waals surface area (Å²) in [5.74, 6) is 0. The molecule has 1 rings (SSSR count). The van der Waals surface area contributed by atoms with Crippen molar-refractivity contribution < 1.29 is 10.2 Å². The van der Waals surface area contributed by atoms with E-state index in [1.165, 1.54) is 0 Å². The van der Waals surface area contributed by atoms with Crippen molar-refractivity contribution in [2.75, 3.05) is 32.7 Å².